The van der Waals surface area contributed by atoms with Gasteiger partial charge in [-0.05, 0) is 6.07 Å². The molecule has 23 heavy (non-hydrogen) atoms. The van der Waals surface area contributed by atoms with E-state index in [2.05, 4.69) is 4.98 Å². The standard InChI is InChI=1S/C15H11FN2O4S/c1-21-13-5-10(16)12(18(19)20)6-14(13)22-7-9-3-2-4-11-15(9)23-8-17-11/h2-6,8H,7H2,1H3. The normalized spacial score (nSPS) is 10.7. The number of thiazole rings is 1. The molecule has 1 aromatic heterocycles. The van der Waals surface area contributed by atoms with Crippen LogP contribution in [-0.2, 0) is 6.61 Å². The number of aromatic nitrogens is 1. The summed E-state index contributed by atoms with van der Waals surface area (Å²) in [6.45, 7) is 0.165. The van der Waals surface area contributed by atoms with Gasteiger partial charge in [0.15, 0.2) is 11.5 Å². The summed E-state index contributed by atoms with van der Waals surface area (Å²) in [5, 5.41) is 10.9. The van der Waals surface area contributed by atoms with Crippen molar-refractivity contribution in [1.82, 2.24) is 4.98 Å². The van der Waals surface area contributed by atoms with E-state index < -0.39 is 16.4 Å². The third-order valence-corrected chi connectivity index (χ3v) is 4.17. The van der Waals surface area contributed by atoms with Gasteiger partial charge >= 0.3 is 5.69 Å². The van der Waals surface area contributed by atoms with Crippen LogP contribution in [0.4, 0.5) is 10.1 Å². The number of hydrogen-bond acceptors (Lipinski definition) is 6. The highest BCUT2D eigenvalue weighted by Crippen LogP contribution is 2.34. The first kappa shape index (κ1) is 15.2. The van der Waals surface area contributed by atoms with Crippen molar-refractivity contribution in [3.05, 3.63) is 57.3 Å². The lowest BCUT2D eigenvalue weighted by Gasteiger charge is -2.11. The Balaban J connectivity index is 1.92. The lowest BCUT2D eigenvalue weighted by molar-refractivity contribution is -0.387. The fraction of sp³-hybridized carbons (Fsp3) is 0.133. The number of rotatable bonds is 5. The summed E-state index contributed by atoms with van der Waals surface area (Å²) in [4.78, 5) is 14.3. The van der Waals surface area contributed by atoms with Gasteiger partial charge in [0.25, 0.3) is 0 Å². The van der Waals surface area contributed by atoms with Crippen molar-refractivity contribution in [2.45, 2.75) is 6.61 Å². The van der Waals surface area contributed by atoms with Crippen LogP contribution in [0.2, 0.25) is 0 Å². The quantitative estimate of drug-likeness (QED) is 0.522. The molecule has 0 N–H and O–H groups in total. The number of hydrogen-bond donors (Lipinski definition) is 0. The number of nitrogens with zero attached hydrogens (tertiary/aromatic N) is 2. The summed E-state index contributed by atoms with van der Waals surface area (Å²) in [5.41, 5.74) is 2.82. The van der Waals surface area contributed by atoms with Crippen LogP contribution < -0.4 is 9.47 Å². The minimum atomic E-state index is -0.969. The summed E-state index contributed by atoms with van der Waals surface area (Å²) < 4.78 is 25.2. The van der Waals surface area contributed by atoms with Gasteiger partial charge in [0, 0.05) is 11.6 Å². The van der Waals surface area contributed by atoms with Gasteiger partial charge in [0.2, 0.25) is 5.82 Å². The highest BCUT2D eigenvalue weighted by atomic mass is 32.1. The molecule has 0 spiro atoms. The Morgan fingerprint density at radius 3 is 2.91 bits per heavy atom. The van der Waals surface area contributed by atoms with Gasteiger partial charge in [-0.1, -0.05) is 12.1 Å². The first-order chi connectivity index (χ1) is 11.1. The SMILES string of the molecule is COc1cc(F)c([N+](=O)[O-])cc1OCc1cccc2ncsc12. The molecule has 0 amide bonds. The molecule has 8 heteroatoms. The van der Waals surface area contributed by atoms with Crippen molar-refractivity contribution in [3.63, 3.8) is 0 Å². The molecule has 0 saturated heterocycles. The molecule has 0 aliphatic carbocycles. The monoisotopic (exact) mass is 334 g/mol. The maximum atomic E-state index is 13.6. The second kappa shape index (κ2) is 6.17. The lowest BCUT2D eigenvalue weighted by Crippen LogP contribution is -2.01. The number of fused-ring (bicyclic) bond motifs is 1. The predicted octanol–water partition coefficient (Wildman–Crippen LogP) is 3.93. The van der Waals surface area contributed by atoms with Crippen LogP contribution in [0.3, 0.4) is 0 Å². The fourth-order valence-corrected chi connectivity index (χ4v) is 2.94. The first-order valence-electron chi connectivity index (χ1n) is 6.56. The predicted molar refractivity (Wildman–Crippen MR) is 83.6 cm³/mol. The van der Waals surface area contributed by atoms with Crippen molar-refractivity contribution >= 4 is 27.2 Å². The zero-order chi connectivity index (χ0) is 16.4. The number of halogens is 1. The Morgan fingerprint density at radius 2 is 2.17 bits per heavy atom. The Hall–Kier alpha value is -2.74. The van der Waals surface area contributed by atoms with Crippen LogP contribution in [-0.4, -0.2) is 17.0 Å². The van der Waals surface area contributed by atoms with Crippen LogP contribution in [0.15, 0.2) is 35.8 Å². The molecule has 0 fully saturated rings. The number of methoxy groups -OCH3 is 1. The van der Waals surface area contributed by atoms with Crippen LogP contribution in [0, 0.1) is 15.9 Å². The van der Waals surface area contributed by atoms with E-state index in [-0.39, 0.29) is 18.1 Å². The molecular formula is C15H11FN2O4S. The van der Waals surface area contributed by atoms with Gasteiger partial charge in [-0.25, -0.2) is 4.98 Å². The van der Waals surface area contributed by atoms with Crippen LogP contribution in [0.5, 0.6) is 11.5 Å². The summed E-state index contributed by atoms with van der Waals surface area (Å²) in [7, 11) is 1.34. The van der Waals surface area contributed by atoms with Crippen LogP contribution in [0.1, 0.15) is 5.56 Å². The largest absolute Gasteiger partial charge is 0.493 e. The van der Waals surface area contributed by atoms with E-state index in [1.54, 1.807) is 5.51 Å². The Labute approximate surface area is 134 Å². The number of benzene rings is 2. The molecule has 1 heterocycles. The van der Waals surface area contributed by atoms with E-state index >= 15 is 0 Å². The molecule has 3 rings (SSSR count). The zero-order valence-electron chi connectivity index (χ0n) is 12.0. The summed E-state index contributed by atoms with van der Waals surface area (Å²) in [6.07, 6.45) is 0. The number of ether oxygens (including phenoxy) is 2. The van der Waals surface area contributed by atoms with Crippen LogP contribution in [0.25, 0.3) is 10.2 Å². The van der Waals surface area contributed by atoms with Gasteiger partial charge in [-0.15, -0.1) is 11.3 Å². The Kier molecular flexibility index (Phi) is 4.07. The molecule has 0 aliphatic heterocycles. The molecule has 0 radical (unpaired) electrons. The smallest absolute Gasteiger partial charge is 0.308 e. The average Bonchev–Trinajstić information content (AvgIpc) is 3.02. The summed E-state index contributed by atoms with van der Waals surface area (Å²) in [5.74, 6) is -0.754. The van der Waals surface area contributed by atoms with Gasteiger partial charge in [0.05, 0.1) is 33.8 Å². The van der Waals surface area contributed by atoms with Crippen LogP contribution >= 0.6 is 11.3 Å². The molecule has 0 bridgehead atoms. The summed E-state index contributed by atoms with van der Waals surface area (Å²) in [6, 6.07) is 7.59. The van der Waals surface area contributed by atoms with Gasteiger partial charge in [-0.3, -0.25) is 10.1 Å². The minimum absolute atomic E-state index is 0.101. The Morgan fingerprint density at radius 1 is 1.35 bits per heavy atom. The molecule has 0 atom stereocenters. The molecule has 118 valence electrons. The van der Waals surface area contributed by atoms with Crippen molar-refractivity contribution in [3.8, 4) is 11.5 Å². The van der Waals surface area contributed by atoms with E-state index in [9.17, 15) is 14.5 Å². The van der Waals surface area contributed by atoms with E-state index in [0.717, 1.165) is 27.9 Å². The molecule has 3 aromatic rings. The van der Waals surface area contributed by atoms with Crippen molar-refractivity contribution in [1.29, 1.82) is 0 Å². The fourth-order valence-electron chi connectivity index (χ4n) is 2.15. The number of nitro groups is 1. The van der Waals surface area contributed by atoms with Crippen molar-refractivity contribution in [2.24, 2.45) is 0 Å². The summed E-state index contributed by atoms with van der Waals surface area (Å²) >= 11 is 1.48. The molecule has 0 aliphatic rings. The maximum Gasteiger partial charge on any atom is 0.308 e. The molecule has 2 aromatic carbocycles. The van der Waals surface area contributed by atoms with E-state index in [0.29, 0.717) is 0 Å². The average molecular weight is 334 g/mol. The first-order valence-corrected chi connectivity index (χ1v) is 7.44. The minimum Gasteiger partial charge on any atom is -0.493 e. The lowest BCUT2D eigenvalue weighted by atomic mass is 10.2. The van der Waals surface area contributed by atoms with Gasteiger partial charge in [0.1, 0.15) is 6.61 Å². The third-order valence-electron chi connectivity index (χ3n) is 3.25. The van der Waals surface area contributed by atoms with Gasteiger partial charge in [-0.2, -0.15) is 4.39 Å². The van der Waals surface area contributed by atoms with E-state index in [1.165, 1.54) is 18.4 Å². The molecular weight excluding hydrogens is 323 g/mol. The Bertz CT molecular complexity index is 881. The second-order valence-electron chi connectivity index (χ2n) is 4.62. The van der Waals surface area contributed by atoms with Gasteiger partial charge < -0.3 is 9.47 Å². The number of nitro benzene ring substituents is 1. The molecule has 6 nitrogen and oxygen atoms in total. The van der Waals surface area contributed by atoms with Crippen molar-refractivity contribution in [2.75, 3.05) is 7.11 Å². The second-order valence-corrected chi connectivity index (χ2v) is 5.47. The van der Waals surface area contributed by atoms with E-state index in [1.807, 2.05) is 18.2 Å². The molecule has 0 unspecified atom stereocenters. The highest BCUT2D eigenvalue weighted by molar-refractivity contribution is 7.16. The topological polar surface area (TPSA) is 74.5 Å². The zero-order valence-corrected chi connectivity index (χ0v) is 12.8. The molecule has 0 saturated carbocycles. The van der Waals surface area contributed by atoms with E-state index in [4.69, 9.17) is 9.47 Å². The van der Waals surface area contributed by atoms with Crippen molar-refractivity contribution < 1.29 is 18.8 Å². The highest BCUT2D eigenvalue weighted by Gasteiger charge is 2.20. The maximum absolute atomic E-state index is 13.6. The third kappa shape index (κ3) is 2.93.